The normalized spacial score (nSPS) is 17.5. The predicted molar refractivity (Wildman–Crippen MR) is 135 cm³/mol. The first-order chi connectivity index (χ1) is 17.0. The molecule has 0 bridgehead atoms. The molecule has 4 rings (SSSR count). The first-order valence-electron chi connectivity index (χ1n) is 12.0. The minimum Gasteiger partial charge on any atom is -0.489 e. The molecule has 1 N–H and O–H groups in total. The van der Waals surface area contributed by atoms with Crippen LogP contribution in [0, 0.1) is 0 Å². The Morgan fingerprint density at radius 2 is 1.74 bits per heavy atom. The van der Waals surface area contributed by atoms with Gasteiger partial charge in [-0.15, -0.1) is 0 Å². The second kappa shape index (κ2) is 11.5. The topological polar surface area (TPSA) is 80.8 Å². The van der Waals surface area contributed by atoms with Gasteiger partial charge >= 0.3 is 0 Å². The van der Waals surface area contributed by atoms with Crippen molar-refractivity contribution in [3.05, 3.63) is 84.2 Å². The summed E-state index contributed by atoms with van der Waals surface area (Å²) in [7, 11) is 0. The lowest BCUT2D eigenvalue weighted by molar-refractivity contribution is -0.139. The Hall–Kier alpha value is -3.87. The smallest absolute Gasteiger partial charge is 0.260 e. The molecule has 0 saturated carbocycles. The van der Waals surface area contributed by atoms with E-state index in [1.54, 1.807) is 48.8 Å². The van der Waals surface area contributed by atoms with Crippen molar-refractivity contribution in [2.45, 2.75) is 51.8 Å². The average molecular weight is 474 g/mol. The molecule has 0 spiro atoms. The molecule has 2 atom stereocenters. The van der Waals surface area contributed by atoms with Crippen LogP contribution in [0.2, 0.25) is 0 Å². The molecular formula is C28H31N3O4. The van der Waals surface area contributed by atoms with Gasteiger partial charge in [0.2, 0.25) is 0 Å². The highest BCUT2D eigenvalue weighted by atomic mass is 16.5. The number of carbonyl (C=O) groups is 2. The van der Waals surface area contributed by atoms with E-state index in [9.17, 15) is 9.59 Å². The number of rotatable bonds is 8. The Labute approximate surface area is 206 Å². The molecule has 7 nitrogen and oxygen atoms in total. The Morgan fingerprint density at radius 3 is 2.46 bits per heavy atom. The maximum atomic E-state index is 12.7. The largest absolute Gasteiger partial charge is 0.489 e. The summed E-state index contributed by atoms with van der Waals surface area (Å²) < 4.78 is 11.5. The highest BCUT2D eigenvalue weighted by molar-refractivity contribution is 6.04. The summed E-state index contributed by atoms with van der Waals surface area (Å²) in [4.78, 5) is 31.4. The van der Waals surface area contributed by atoms with Crippen molar-refractivity contribution in [3.63, 3.8) is 0 Å². The first-order valence-corrected chi connectivity index (χ1v) is 12.0. The zero-order valence-electron chi connectivity index (χ0n) is 20.1. The number of hydrogen-bond acceptors (Lipinski definition) is 5. The van der Waals surface area contributed by atoms with Crippen LogP contribution in [0.1, 0.15) is 49.0 Å². The standard InChI is InChI=1S/C28H31N3O4/c1-20-6-3-7-21(2)31(20)27(32)19-35-25-13-11-23(12-14-25)28(33)30-24-9-4-10-26(16-24)34-18-22-8-5-15-29-17-22/h4-5,8-17,20-21H,3,6-7,18-19H2,1-2H3,(H,30,33). The Morgan fingerprint density at radius 1 is 0.971 bits per heavy atom. The van der Waals surface area contributed by atoms with E-state index in [4.69, 9.17) is 9.47 Å². The summed E-state index contributed by atoms with van der Waals surface area (Å²) in [6.45, 7) is 4.56. The van der Waals surface area contributed by atoms with Gasteiger partial charge in [-0.2, -0.15) is 0 Å². The highest BCUT2D eigenvalue weighted by Crippen LogP contribution is 2.23. The molecular weight excluding hydrogens is 442 g/mol. The maximum absolute atomic E-state index is 12.7. The van der Waals surface area contributed by atoms with Crippen LogP contribution < -0.4 is 14.8 Å². The summed E-state index contributed by atoms with van der Waals surface area (Å²) in [6.07, 6.45) is 6.68. The fourth-order valence-corrected chi connectivity index (χ4v) is 4.35. The number of hydrogen-bond donors (Lipinski definition) is 1. The predicted octanol–water partition coefficient (Wildman–Crippen LogP) is 5.08. The number of piperidine rings is 1. The van der Waals surface area contributed by atoms with E-state index in [2.05, 4.69) is 24.1 Å². The van der Waals surface area contributed by atoms with E-state index in [1.807, 2.05) is 29.2 Å². The number of pyridine rings is 1. The average Bonchev–Trinajstić information content (AvgIpc) is 2.87. The van der Waals surface area contributed by atoms with E-state index in [-0.39, 0.29) is 30.5 Å². The molecule has 1 aliphatic heterocycles. The monoisotopic (exact) mass is 473 g/mol. The van der Waals surface area contributed by atoms with E-state index >= 15 is 0 Å². The summed E-state index contributed by atoms with van der Waals surface area (Å²) in [6, 6.07) is 18.3. The van der Waals surface area contributed by atoms with Gasteiger partial charge in [-0.05, 0) is 75.6 Å². The molecule has 2 aromatic carbocycles. The van der Waals surface area contributed by atoms with Crippen LogP contribution in [0.3, 0.4) is 0 Å². The summed E-state index contributed by atoms with van der Waals surface area (Å²) >= 11 is 0. The van der Waals surface area contributed by atoms with Crippen LogP contribution in [0.4, 0.5) is 5.69 Å². The van der Waals surface area contributed by atoms with Crippen LogP contribution in [-0.4, -0.2) is 40.4 Å². The fourth-order valence-electron chi connectivity index (χ4n) is 4.35. The molecule has 0 radical (unpaired) electrons. The molecule has 2 heterocycles. The van der Waals surface area contributed by atoms with Gasteiger partial charge in [0.1, 0.15) is 18.1 Å². The number of nitrogens with zero attached hydrogens (tertiary/aromatic N) is 2. The second-order valence-corrected chi connectivity index (χ2v) is 8.87. The highest BCUT2D eigenvalue weighted by Gasteiger charge is 2.28. The van der Waals surface area contributed by atoms with Gasteiger partial charge in [-0.25, -0.2) is 0 Å². The lowest BCUT2D eigenvalue weighted by Gasteiger charge is -2.38. The second-order valence-electron chi connectivity index (χ2n) is 8.87. The molecule has 3 aromatic rings. The molecule has 2 unspecified atom stereocenters. The summed E-state index contributed by atoms with van der Waals surface area (Å²) in [5, 5.41) is 2.89. The number of nitrogens with one attached hydrogen (secondary N) is 1. The van der Waals surface area contributed by atoms with Crippen LogP contribution in [-0.2, 0) is 11.4 Å². The van der Waals surface area contributed by atoms with Crippen molar-refractivity contribution in [2.75, 3.05) is 11.9 Å². The zero-order chi connectivity index (χ0) is 24.6. The molecule has 1 aromatic heterocycles. The van der Waals surface area contributed by atoms with Crippen molar-refractivity contribution in [1.82, 2.24) is 9.88 Å². The third-order valence-electron chi connectivity index (χ3n) is 6.18. The van der Waals surface area contributed by atoms with Gasteiger partial charge < -0.3 is 19.7 Å². The van der Waals surface area contributed by atoms with E-state index < -0.39 is 0 Å². The van der Waals surface area contributed by atoms with Gasteiger partial charge in [0.25, 0.3) is 11.8 Å². The van der Waals surface area contributed by atoms with Crippen molar-refractivity contribution in [1.29, 1.82) is 0 Å². The van der Waals surface area contributed by atoms with Crippen molar-refractivity contribution < 1.29 is 19.1 Å². The summed E-state index contributed by atoms with van der Waals surface area (Å²) in [5.74, 6) is 0.959. The minimum atomic E-state index is -0.243. The van der Waals surface area contributed by atoms with E-state index in [0.29, 0.717) is 29.4 Å². The Balaban J connectivity index is 1.29. The quantitative estimate of drug-likeness (QED) is 0.493. The zero-order valence-corrected chi connectivity index (χ0v) is 20.1. The molecule has 1 saturated heterocycles. The maximum Gasteiger partial charge on any atom is 0.260 e. The van der Waals surface area contributed by atoms with Crippen LogP contribution in [0.5, 0.6) is 11.5 Å². The van der Waals surface area contributed by atoms with E-state index in [0.717, 1.165) is 24.8 Å². The lowest BCUT2D eigenvalue weighted by atomic mass is 9.97. The molecule has 2 amide bonds. The third-order valence-corrected chi connectivity index (χ3v) is 6.18. The third kappa shape index (κ3) is 6.59. The van der Waals surface area contributed by atoms with Crippen molar-refractivity contribution >= 4 is 17.5 Å². The van der Waals surface area contributed by atoms with Gasteiger partial charge in [0, 0.05) is 47.4 Å². The van der Waals surface area contributed by atoms with Crippen LogP contribution >= 0.6 is 0 Å². The van der Waals surface area contributed by atoms with Crippen molar-refractivity contribution in [2.24, 2.45) is 0 Å². The number of anilines is 1. The number of amides is 2. The van der Waals surface area contributed by atoms with Crippen LogP contribution in [0.15, 0.2) is 73.1 Å². The molecule has 35 heavy (non-hydrogen) atoms. The number of benzene rings is 2. The van der Waals surface area contributed by atoms with Gasteiger partial charge in [0.05, 0.1) is 0 Å². The fraction of sp³-hybridized carbons (Fsp3) is 0.321. The number of aromatic nitrogens is 1. The lowest BCUT2D eigenvalue weighted by Crippen LogP contribution is -2.49. The van der Waals surface area contributed by atoms with Gasteiger partial charge in [-0.1, -0.05) is 12.1 Å². The molecule has 1 aliphatic rings. The van der Waals surface area contributed by atoms with Gasteiger partial charge in [-0.3, -0.25) is 14.6 Å². The van der Waals surface area contributed by atoms with Crippen molar-refractivity contribution in [3.8, 4) is 11.5 Å². The Bertz CT molecular complexity index is 1120. The number of ether oxygens (including phenoxy) is 2. The summed E-state index contributed by atoms with van der Waals surface area (Å²) in [5.41, 5.74) is 2.09. The molecule has 0 aliphatic carbocycles. The first kappa shape index (κ1) is 24.3. The molecule has 7 heteroatoms. The number of likely N-dealkylation sites (tertiary alicyclic amines) is 1. The van der Waals surface area contributed by atoms with E-state index in [1.165, 1.54) is 0 Å². The SMILES string of the molecule is CC1CCCC(C)N1C(=O)COc1ccc(C(=O)Nc2cccc(OCc3cccnc3)c2)cc1. The van der Waals surface area contributed by atoms with Crippen LogP contribution in [0.25, 0.3) is 0 Å². The number of carbonyl (C=O) groups excluding carboxylic acids is 2. The van der Waals surface area contributed by atoms with Gasteiger partial charge in [0.15, 0.2) is 6.61 Å². The Kier molecular flexibility index (Phi) is 7.98. The minimum absolute atomic E-state index is 0.00264. The molecule has 1 fully saturated rings. The molecule has 182 valence electrons.